The van der Waals surface area contributed by atoms with Crippen molar-refractivity contribution in [2.75, 3.05) is 38.6 Å². The van der Waals surface area contributed by atoms with Crippen LogP contribution >= 0.6 is 0 Å². The highest BCUT2D eigenvalue weighted by atomic mass is 15.2. The summed E-state index contributed by atoms with van der Waals surface area (Å²) in [5.74, 6) is 1.81. The van der Waals surface area contributed by atoms with Crippen molar-refractivity contribution in [3.63, 3.8) is 0 Å². The molecule has 118 valence electrons. The Morgan fingerprint density at radius 3 is 2.62 bits per heavy atom. The van der Waals surface area contributed by atoms with Gasteiger partial charge in [-0.2, -0.15) is 0 Å². The normalized spacial score (nSPS) is 17.0. The first-order chi connectivity index (χ1) is 10.1. The zero-order valence-electron chi connectivity index (χ0n) is 14.0. The molecule has 0 aromatic carbocycles. The van der Waals surface area contributed by atoms with Crippen LogP contribution in [0.1, 0.15) is 32.4 Å². The van der Waals surface area contributed by atoms with Gasteiger partial charge in [0.1, 0.15) is 5.82 Å². The lowest BCUT2D eigenvalue weighted by Gasteiger charge is -2.36. The predicted octanol–water partition coefficient (Wildman–Crippen LogP) is 2.36. The second kappa shape index (κ2) is 7.76. The molecular formula is C17H30N4. The number of piperidine rings is 1. The third kappa shape index (κ3) is 4.97. The highest BCUT2D eigenvalue weighted by molar-refractivity contribution is 5.39. The first-order valence-corrected chi connectivity index (χ1v) is 8.14. The van der Waals surface area contributed by atoms with Crippen molar-refractivity contribution < 1.29 is 0 Å². The molecule has 0 spiro atoms. The van der Waals surface area contributed by atoms with Gasteiger partial charge in [0.2, 0.25) is 0 Å². The Morgan fingerprint density at radius 2 is 2.00 bits per heavy atom. The summed E-state index contributed by atoms with van der Waals surface area (Å²) in [6, 6.07) is 7.11. The minimum absolute atomic E-state index is 0.679. The number of rotatable bonds is 6. The van der Waals surface area contributed by atoms with Gasteiger partial charge < -0.3 is 15.1 Å². The summed E-state index contributed by atoms with van der Waals surface area (Å²) in [4.78, 5) is 9.58. The summed E-state index contributed by atoms with van der Waals surface area (Å²) in [6.45, 7) is 8.58. The summed E-state index contributed by atoms with van der Waals surface area (Å²) >= 11 is 0. The van der Waals surface area contributed by atoms with E-state index in [0.29, 0.717) is 5.92 Å². The van der Waals surface area contributed by atoms with Crippen LogP contribution in [-0.4, -0.2) is 49.7 Å². The molecule has 1 aliphatic heterocycles. The monoisotopic (exact) mass is 290 g/mol. The van der Waals surface area contributed by atoms with Gasteiger partial charge in [0.25, 0.3) is 0 Å². The number of hydrogen-bond donors (Lipinski definition) is 1. The maximum atomic E-state index is 4.81. The van der Waals surface area contributed by atoms with Crippen LogP contribution in [0.15, 0.2) is 18.2 Å². The molecule has 4 heteroatoms. The van der Waals surface area contributed by atoms with Gasteiger partial charge in [-0.3, -0.25) is 0 Å². The second-order valence-electron chi connectivity index (χ2n) is 6.69. The summed E-state index contributed by atoms with van der Waals surface area (Å²) in [5, 5.41) is 3.47. The molecule has 0 radical (unpaired) electrons. The average molecular weight is 290 g/mol. The third-order valence-electron chi connectivity index (χ3n) is 4.17. The van der Waals surface area contributed by atoms with Crippen molar-refractivity contribution in [2.45, 2.75) is 39.3 Å². The SMILES string of the molecule is CC(C)CNCc1cccc(N2CCC(N(C)C)CC2)n1. The van der Waals surface area contributed by atoms with E-state index in [9.17, 15) is 0 Å². The summed E-state index contributed by atoms with van der Waals surface area (Å²) in [7, 11) is 4.36. The summed E-state index contributed by atoms with van der Waals surface area (Å²) in [6.07, 6.45) is 2.45. The Morgan fingerprint density at radius 1 is 1.29 bits per heavy atom. The molecule has 4 nitrogen and oxygen atoms in total. The molecule has 21 heavy (non-hydrogen) atoms. The van der Waals surface area contributed by atoms with Crippen LogP contribution in [0.2, 0.25) is 0 Å². The van der Waals surface area contributed by atoms with Crippen molar-refractivity contribution in [3.05, 3.63) is 23.9 Å². The number of aromatic nitrogens is 1. The number of nitrogens with zero attached hydrogens (tertiary/aromatic N) is 3. The molecule has 0 bridgehead atoms. The van der Waals surface area contributed by atoms with E-state index in [1.807, 2.05) is 0 Å². The predicted molar refractivity (Wildman–Crippen MR) is 89.7 cm³/mol. The Hall–Kier alpha value is -1.13. The van der Waals surface area contributed by atoms with Crippen LogP contribution in [0.4, 0.5) is 5.82 Å². The number of pyridine rings is 1. The molecule has 1 aromatic heterocycles. The molecule has 0 saturated carbocycles. The molecule has 1 fully saturated rings. The van der Waals surface area contributed by atoms with Crippen LogP contribution in [-0.2, 0) is 6.54 Å². The summed E-state index contributed by atoms with van der Waals surface area (Å²) in [5.41, 5.74) is 1.14. The molecule has 2 heterocycles. The van der Waals surface area contributed by atoms with Crippen LogP contribution in [0.3, 0.4) is 0 Å². The fourth-order valence-corrected chi connectivity index (χ4v) is 2.84. The van der Waals surface area contributed by atoms with E-state index in [1.165, 1.54) is 12.8 Å². The van der Waals surface area contributed by atoms with Gasteiger partial charge in [0, 0.05) is 25.7 Å². The molecule has 1 N–H and O–H groups in total. The van der Waals surface area contributed by atoms with E-state index in [4.69, 9.17) is 4.98 Å². The molecule has 1 aromatic rings. The Kier molecular flexibility index (Phi) is 6.00. The first kappa shape index (κ1) is 16.2. The maximum absolute atomic E-state index is 4.81. The quantitative estimate of drug-likeness (QED) is 0.871. The fraction of sp³-hybridized carbons (Fsp3) is 0.706. The lowest BCUT2D eigenvalue weighted by atomic mass is 10.0. The lowest BCUT2D eigenvalue weighted by molar-refractivity contribution is 0.249. The minimum Gasteiger partial charge on any atom is -0.356 e. The van der Waals surface area contributed by atoms with E-state index in [-0.39, 0.29) is 0 Å². The van der Waals surface area contributed by atoms with E-state index in [0.717, 1.165) is 43.7 Å². The lowest BCUT2D eigenvalue weighted by Crippen LogP contribution is -2.42. The van der Waals surface area contributed by atoms with Crippen LogP contribution in [0.25, 0.3) is 0 Å². The maximum Gasteiger partial charge on any atom is 0.128 e. The van der Waals surface area contributed by atoms with Crippen molar-refractivity contribution >= 4 is 5.82 Å². The minimum atomic E-state index is 0.679. The largest absolute Gasteiger partial charge is 0.356 e. The molecule has 0 amide bonds. The second-order valence-corrected chi connectivity index (χ2v) is 6.69. The van der Waals surface area contributed by atoms with Crippen LogP contribution in [0.5, 0.6) is 0 Å². The molecule has 0 unspecified atom stereocenters. The molecular weight excluding hydrogens is 260 g/mol. The number of nitrogens with one attached hydrogen (secondary N) is 1. The smallest absolute Gasteiger partial charge is 0.128 e. The van der Waals surface area contributed by atoms with Gasteiger partial charge in [0.15, 0.2) is 0 Å². The molecule has 0 atom stereocenters. The zero-order valence-corrected chi connectivity index (χ0v) is 14.0. The van der Waals surface area contributed by atoms with Crippen LogP contribution in [0, 0.1) is 5.92 Å². The highest BCUT2D eigenvalue weighted by Gasteiger charge is 2.21. The van der Waals surface area contributed by atoms with Crippen molar-refractivity contribution in [2.24, 2.45) is 5.92 Å². The van der Waals surface area contributed by atoms with E-state index in [1.54, 1.807) is 0 Å². The Balaban J connectivity index is 1.89. The Labute approximate surface area is 129 Å². The third-order valence-corrected chi connectivity index (χ3v) is 4.17. The standard InChI is InChI=1S/C17H30N4/c1-14(2)12-18-13-15-6-5-7-17(19-15)21-10-8-16(9-11-21)20(3)4/h5-7,14,16,18H,8-13H2,1-4H3. The van der Waals surface area contributed by atoms with Gasteiger partial charge in [-0.15, -0.1) is 0 Å². The van der Waals surface area contributed by atoms with Gasteiger partial charge in [-0.25, -0.2) is 4.98 Å². The van der Waals surface area contributed by atoms with Gasteiger partial charge in [-0.05, 0) is 51.5 Å². The fourth-order valence-electron chi connectivity index (χ4n) is 2.84. The van der Waals surface area contributed by atoms with Crippen LogP contribution < -0.4 is 10.2 Å². The summed E-state index contributed by atoms with van der Waals surface area (Å²) < 4.78 is 0. The highest BCUT2D eigenvalue weighted by Crippen LogP contribution is 2.20. The topological polar surface area (TPSA) is 31.4 Å². The molecule has 0 aliphatic carbocycles. The molecule has 2 rings (SSSR count). The first-order valence-electron chi connectivity index (χ1n) is 8.14. The Bertz CT molecular complexity index is 423. The van der Waals surface area contributed by atoms with Gasteiger partial charge >= 0.3 is 0 Å². The number of hydrogen-bond acceptors (Lipinski definition) is 4. The van der Waals surface area contributed by atoms with E-state index < -0.39 is 0 Å². The molecule has 1 saturated heterocycles. The number of anilines is 1. The van der Waals surface area contributed by atoms with Crippen molar-refractivity contribution in [1.82, 2.24) is 15.2 Å². The average Bonchev–Trinajstić information content (AvgIpc) is 2.47. The van der Waals surface area contributed by atoms with E-state index >= 15 is 0 Å². The zero-order chi connectivity index (χ0) is 15.2. The van der Waals surface area contributed by atoms with Gasteiger partial charge in [-0.1, -0.05) is 19.9 Å². The van der Waals surface area contributed by atoms with Gasteiger partial charge in [0.05, 0.1) is 5.69 Å². The van der Waals surface area contributed by atoms with Crippen molar-refractivity contribution in [3.8, 4) is 0 Å². The van der Waals surface area contributed by atoms with E-state index in [2.05, 4.69) is 61.3 Å². The molecule has 1 aliphatic rings. The van der Waals surface area contributed by atoms with Crippen molar-refractivity contribution in [1.29, 1.82) is 0 Å².